The van der Waals surface area contributed by atoms with Gasteiger partial charge in [0.1, 0.15) is 0 Å². The molecule has 0 saturated heterocycles. The number of nitrogens with zero attached hydrogens (tertiary/aromatic N) is 1. The Morgan fingerprint density at radius 1 is 1.15 bits per heavy atom. The molecule has 0 aromatic heterocycles. The highest BCUT2D eigenvalue weighted by molar-refractivity contribution is 7.92. The second kappa shape index (κ2) is 5.52. The van der Waals surface area contributed by atoms with E-state index in [0.717, 1.165) is 6.26 Å². The van der Waals surface area contributed by atoms with Crippen LogP contribution in [-0.2, 0) is 19.9 Å². The van der Waals surface area contributed by atoms with Crippen LogP contribution in [0.5, 0.6) is 0 Å². The van der Waals surface area contributed by atoms with Crippen LogP contribution in [0.15, 0.2) is 29.2 Å². The van der Waals surface area contributed by atoms with Crippen LogP contribution in [0.4, 0.5) is 0 Å². The largest absolute Gasteiger partial charge is 0.240 e. The number of hydrogen-bond donors (Lipinski definition) is 1. The van der Waals surface area contributed by atoms with Crippen molar-refractivity contribution in [1.82, 2.24) is 4.72 Å². The molecular formula is C12H16N2O4S2. The number of sulfonamides is 1. The molecule has 1 aromatic rings. The van der Waals surface area contributed by atoms with Crippen molar-refractivity contribution in [2.75, 3.05) is 12.8 Å². The van der Waals surface area contributed by atoms with Gasteiger partial charge in [0.2, 0.25) is 10.0 Å². The first-order valence-electron chi connectivity index (χ1n) is 5.69. The van der Waals surface area contributed by atoms with Gasteiger partial charge in [0.05, 0.1) is 21.3 Å². The topological polar surface area (TPSA) is 104 Å². The van der Waals surface area contributed by atoms with Crippen molar-refractivity contribution in [2.24, 2.45) is 0 Å². The van der Waals surface area contributed by atoms with Gasteiger partial charge in [-0.3, -0.25) is 0 Å². The van der Waals surface area contributed by atoms with Crippen molar-refractivity contribution >= 4 is 19.9 Å². The van der Waals surface area contributed by atoms with Gasteiger partial charge in [-0.1, -0.05) is 0 Å². The maximum atomic E-state index is 12.0. The van der Waals surface area contributed by atoms with E-state index in [2.05, 4.69) is 4.72 Å². The fourth-order valence-electron chi connectivity index (χ4n) is 1.19. The molecule has 1 N–H and O–H groups in total. The summed E-state index contributed by atoms with van der Waals surface area (Å²) in [6.07, 6.45) is 1.06. The molecule has 1 rings (SSSR count). The molecule has 0 amide bonds. The summed E-state index contributed by atoms with van der Waals surface area (Å²) >= 11 is 0. The van der Waals surface area contributed by atoms with Crippen molar-refractivity contribution < 1.29 is 16.8 Å². The molecule has 0 bridgehead atoms. The average Bonchev–Trinajstić information content (AvgIpc) is 2.35. The van der Waals surface area contributed by atoms with Crippen molar-refractivity contribution in [2.45, 2.75) is 23.5 Å². The highest BCUT2D eigenvalue weighted by Crippen LogP contribution is 2.16. The molecule has 0 aliphatic heterocycles. The lowest BCUT2D eigenvalue weighted by molar-refractivity contribution is 0.537. The molecule has 0 unspecified atom stereocenters. The van der Waals surface area contributed by atoms with E-state index in [1.807, 2.05) is 6.07 Å². The molecule has 1 aromatic carbocycles. The molecule has 6 nitrogen and oxygen atoms in total. The monoisotopic (exact) mass is 316 g/mol. The summed E-state index contributed by atoms with van der Waals surface area (Å²) in [5, 5.41) is 8.65. The average molecular weight is 316 g/mol. The molecule has 110 valence electrons. The normalized spacial score (nSPS) is 12.9. The summed E-state index contributed by atoms with van der Waals surface area (Å²) in [6, 6.07) is 7.26. The Balaban J connectivity index is 2.94. The first-order valence-corrected chi connectivity index (χ1v) is 9.06. The van der Waals surface area contributed by atoms with E-state index in [1.165, 1.54) is 38.1 Å². The zero-order valence-corrected chi connectivity index (χ0v) is 13.0. The minimum Gasteiger partial charge on any atom is -0.229 e. The quantitative estimate of drug-likeness (QED) is 0.859. The number of hydrogen-bond acceptors (Lipinski definition) is 5. The molecule has 0 atom stereocenters. The highest BCUT2D eigenvalue weighted by Gasteiger charge is 2.31. The van der Waals surface area contributed by atoms with E-state index in [4.69, 9.17) is 5.26 Å². The number of rotatable bonds is 5. The number of benzene rings is 1. The van der Waals surface area contributed by atoms with E-state index in [0.29, 0.717) is 5.56 Å². The maximum absolute atomic E-state index is 12.0. The van der Waals surface area contributed by atoms with Gasteiger partial charge in [-0.25, -0.2) is 21.6 Å². The second-order valence-corrected chi connectivity index (χ2v) is 9.41. The lowest BCUT2D eigenvalue weighted by Crippen LogP contribution is -2.43. The molecule has 0 radical (unpaired) electrons. The molecule has 0 fully saturated rings. The van der Waals surface area contributed by atoms with Crippen molar-refractivity contribution in [3.05, 3.63) is 29.8 Å². The first kappa shape index (κ1) is 16.6. The van der Waals surface area contributed by atoms with Crippen molar-refractivity contribution in [3.63, 3.8) is 0 Å². The Morgan fingerprint density at radius 2 is 1.65 bits per heavy atom. The Bertz CT molecular complexity index is 727. The predicted octanol–water partition coefficient (Wildman–Crippen LogP) is 0.660. The van der Waals surface area contributed by atoms with Crippen LogP contribution < -0.4 is 4.72 Å². The van der Waals surface area contributed by atoms with Crippen LogP contribution in [0.1, 0.15) is 19.4 Å². The third-order valence-electron chi connectivity index (χ3n) is 2.99. The van der Waals surface area contributed by atoms with Crippen LogP contribution in [0, 0.1) is 11.3 Å². The lowest BCUT2D eigenvalue weighted by Gasteiger charge is -2.22. The summed E-state index contributed by atoms with van der Waals surface area (Å²) < 4.78 is 48.1. The van der Waals surface area contributed by atoms with E-state index in [-0.39, 0.29) is 11.4 Å². The van der Waals surface area contributed by atoms with Crippen molar-refractivity contribution in [3.8, 4) is 6.07 Å². The summed E-state index contributed by atoms with van der Waals surface area (Å²) in [5.74, 6) is 0. The van der Waals surface area contributed by atoms with E-state index in [9.17, 15) is 16.8 Å². The van der Waals surface area contributed by atoms with Crippen LogP contribution >= 0.6 is 0 Å². The van der Waals surface area contributed by atoms with Crippen LogP contribution in [0.2, 0.25) is 0 Å². The molecule has 20 heavy (non-hydrogen) atoms. The summed E-state index contributed by atoms with van der Waals surface area (Å²) in [6.45, 7) is 2.67. The number of sulfone groups is 1. The predicted molar refractivity (Wildman–Crippen MR) is 75.3 cm³/mol. The van der Waals surface area contributed by atoms with Crippen LogP contribution in [0.3, 0.4) is 0 Å². The summed E-state index contributed by atoms with van der Waals surface area (Å²) in [7, 11) is -7.19. The van der Waals surface area contributed by atoms with Crippen LogP contribution in [0.25, 0.3) is 0 Å². The molecule has 0 aliphatic carbocycles. The molecule has 8 heteroatoms. The second-order valence-electron chi connectivity index (χ2n) is 4.99. The Hall–Kier alpha value is -1.43. The Kier molecular flexibility index (Phi) is 4.59. The van der Waals surface area contributed by atoms with Crippen LogP contribution in [-0.4, -0.2) is 34.4 Å². The van der Waals surface area contributed by atoms with E-state index in [1.54, 1.807) is 0 Å². The zero-order chi connectivity index (χ0) is 15.6. The standard InChI is InChI=1S/C12H16N2O4S2/c1-12(2,19(3,15)16)9-14-20(17,18)11-6-4-10(8-13)5-7-11/h4-7,14H,9H2,1-3H3. The summed E-state index contributed by atoms with van der Waals surface area (Å²) in [5.41, 5.74) is 0.348. The van der Waals surface area contributed by atoms with Gasteiger partial charge in [-0.2, -0.15) is 5.26 Å². The smallest absolute Gasteiger partial charge is 0.229 e. The maximum Gasteiger partial charge on any atom is 0.240 e. The third-order valence-corrected chi connectivity index (χ3v) is 6.55. The Labute approximate surface area is 119 Å². The van der Waals surface area contributed by atoms with Gasteiger partial charge in [0.25, 0.3) is 0 Å². The van der Waals surface area contributed by atoms with Gasteiger partial charge >= 0.3 is 0 Å². The minimum atomic E-state index is -3.80. The highest BCUT2D eigenvalue weighted by atomic mass is 32.2. The van der Waals surface area contributed by atoms with Gasteiger partial charge in [0, 0.05) is 12.8 Å². The molecule has 0 saturated carbocycles. The third kappa shape index (κ3) is 3.79. The molecule has 0 aliphatic rings. The first-order chi connectivity index (χ1) is 8.99. The number of nitrogens with one attached hydrogen (secondary N) is 1. The van der Waals surface area contributed by atoms with E-state index >= 15 is 0 Å². The fourth-order valence-corrected chi connectivity index (χ4v) is 2.83. The van der Waals surface area contributed by atoms with E-state index < -0.39 is 24.6 Å². The number of nitriles is 1. The van der Waals surface area contributed by atoms with Gasteiger partial charge in [-0.15, -0.1) is 0 Å². The van der Waals surface area contributed by atoms with Gasteiger partial charge in [-0.05, 0) is 38.1 Å². The van der Waals surface area contributed by atoms with Gasteiger partial charge < -0.3 is 0 Å². The zero-order valence-electron chi connectivity index (χ0n) is 11.4. The lowest BCUT2D eigenvalue weighted by atomic mass is 10.2. The Morgan fingerprint density at radius 3 is 2.05 bits per heavy atom. The minimum absolute atomic E-state index is 0.0131. The molecule has 0 heterocycles. The fraction of sp³-hybridized carbons (Fsp3) is 0.417. The SMILES string of the molecule is CC(C)(CNS(=O)(=O)c1ccc(C#N)cc1)S(C)(=O)=O. The molecule has 0 spiro atoms. The molecular weight excluding hydrogens is 300 g/mol. The van der Waals surface area contributed by atoms with Crippen molar-refractivity contribution in [1.29, 1.82) is 5.26 Å². The van der Waals surface area contributed by atoms with Gasteiger partial charge in [0.15, 0.2) is 9.84 Å². The summed E-state index contributed by atoms with van der Waals surface area (Å²) in [4.78, 5) is -0.0131.